The first kappa shape index (κ1) is 22.5. The van der Waals surface area contributed by atoms with Gasteiger partial charge in [-0.05, 0) is 29.9 Å². The second kappa shape index (κ2) is 8.19. The molecule has 0 spiro atoms. The molecular weight excluding hydrogens is 466 g/mol. The summed E-state index contributed by atoms with van der Waals surface area (Å²) in [4.78, 5) is 21.0. The van der Waals surface area contributed by atoms with Crippen LogP contribution in [-0.4, -0.2) is 48.4 Å². The predicted octanol–water partition coefficient (Wildman–Crippen LogP) is 4.49. The van der Waals surface area contributed by atoms with Crippen molar-refractivity contribution in [3.63, 3.8) is 0 Å². The fourth-order valence-electron chi connectivity index (χ4n) is 4.58. The Morgan fingerprint density at radius 3 is 2.50 bits per heavy atom. The third-order valence-electron chi connectivity index (χ3n) is 6.30. The van der Waals surface area contributed by atoms with Gasteiger partial charge in [-0.1, -0.05) is 0 Å². The molecule has 2 aliphatic rings. The van der Waals surface area contributed by atoms with Crippen LogP contribution in [0.25, 0.3) is 10.9 Å². The average molecular weight is 484 g/mol. The van der Waals surface area contributed by atoms with E-state index in [0.29, 0.717) is 13.1 Å². The first-order valence-corrected chi connectivity index (χ1v) is 10.4. The highest BCUT2D eigenvalue weighted by atomic mass is 19.4. The minimum absolute atomic E-state index is 0.0150. The lowest BCUT2D eigenvalue weighted by Gasteiger charge is -2.21. The van der Waals surface area contributed by atoms with Gasteiger partial charge >= 0.3 is 6.18 Å². The molecule has 5 rings (SSSR count). The van der Waals surface area contributed by atoms with Crippen molar-refractivity contribution < 1.29 is 35.9 Å². The molecule has 1 aromatic carbocycles. The monoisotopic (exact) mass is 484 g/mol. The third kappa shape index (κ3) is 4.29. The molecular formula is C22H18F6N4O2. The number of pyridine rings is 1. The highest BCUT2D eigenvalue weighted by Crippen LogP contribution is 2.52. The maximum absolute atomic E-state index is 14.7. The minimum Gasteiger partial charge on any atom is -0.372 e. The van der Waals surface area contributed by atoms with Crippen LogP contribution in [0.3, 0.4) is 0 Å². The first-order valence-electron chi connectivity index (χ1n) is 10.4. The number of nitrogens with zero attached hydrogens (tertiary/aromatic N) is 2. The predicted molar refractivity (Wildman–Crippen MR) is 110 cm³/mol. The maximum atomic E-state index is 14.7. The zero-order chi connectivity index (χ0) is 24.2. The van der Waals surface area contributed by atoms with Gasteiger partial charge in [0.15, 0.2) is 23.3 Å². The summed E-state index contributed by atoms with van der Waals surface area (Å²) in [5.74, 6) is -3.20. The number of ether oxygens (including phenoxy) is 1. The average Bonchev–Trinajstić information content (AvgIpc) is 3.08. The molecule has 6 nitrogen and oxygen atoms in total. The van der Waals surface area contributed by atoms with Gasteiger partial charge in [0.05, 0.1) is 23.4 Å². The number of piperidine rings is 1. The van der Waals surface area contributed by atoms with Crippen molar-refractivity contribution in [2.75, 3.05) is 36.5 Å². The fraction of sp³-hybridized carbons (Fsp3) is 0.364. The van der Waals surface area contributed by atoms with Gasteiger partial charge in [0.2, 0.25) is 0 Å². The van der Waals surface area contributed by atoms with E-state index in [4.69, 9.17) is 4.74 Å². The highest BCUT2D eigenvalue weighted by Gasteiger charge is 2.56. The molecule has 0 bridgehead atoms. The quantitative estimate of drug-likeness (QED) is 0.506. The Morgan fingerprint density at radius 1 is 1.12 bits per heavy atom. The summed E-state index contributed by atoms with van der Waals surface area (Å²) in [7, 11) is 0. The molecule has 2 N–H and O–H groups in total. The van der Waals surface area contributed by atoms with E-state index in [9.17, 15) is 31.1 Å². The Balaban J connectivity index is 1.21. The third-order valence-corrected chi connectivity index (χ3v) is 6.30. The number of aromatic amines is 1. The summed E-state index contributed by atoms with van der Waals surface area (Å²) in [6.07, 6.45) is -1.79. The molecule has 34 heavy (non-hydrogen) atoms. The molecule has 1 saturated carbocycles. The van der Waals surface area contributed by atoms with Gasteiger partial charge in [-0.3, -0.25) is 4.79 Å². The number of hydrogen-bond acceptors (Lipinski definition) is 4. The van der Waals surface area contributed by atoms with Crippen molar-refractivity contribution in [2.45, 2.75) is 6.18 Å². The van der Waals surface area contributed by atoms with Crippen LogP contribution in [-0.2, 0) is 4.74 Å². The summed E-state index contributed by atoms with van der Waals surface area (Å²) in [5.41, 5.74) is 0.409. The Bertz CT molecular complexity index is 1250. The molecule has 1 aliphatic heterocycles. The van der Waals surface area contributed by atoms with Gasteiger partial charge < -0.3 is 19.9 Å². The molecule has 12 heteroatoms. The number of amides is 1. The van der Waals surface area contributed by atoms with E-state index in [1.165, 1.54) is 12.4 Å². The molecule has 1 saturated heterocycles. The molecule has 2 aromatic heterocycles. The molecule has 3 heterocycles. The van der Waals surface area contributed by atoms with E-state index in [1.54, 1.807) is 4.90 Å². The van der Waals surface area contributed by atoms with Crippen molar-refractivity contribution in [1.82, 2.24) is 9.97 Å². The van der Waals surface area contributed by atoms with Gasteiger partial charge in [0.25, 0.3) is 5.91 Å². The number of carbonyl (C=O) groups is 1. The lowest BCUT2D eigenvalue weighted by atomic mass is 10.2. The van der Waals surface area contributed by atoms with Crippen molar-refractivity contribution in [3.8, 4) is 0 Å². The van der Waals surface area contributed by atoms with Gasteiger partial charge in [-0.2, -0.15) is 13.2 Å². The second-order valence-electron chi connectivity index (χ2n) is 8.52. The van der Waals surface area contributed by atoms with E-state index in [-0.39, 0.29) is 52.3 Å². The molecule has 1 aliphatic carbocycles. The molecule has 1 amide bonds. The fourth-order valence-corrected chi connectivity index (χ4v) is 4.58. The topological polar surface area (TPSA) is 70.2 Å². The van der Waals surface area contributed by atoms with Crippen molar-refractivity contribution in [3.05, 3.63) is 53.6 Å². The number of hydrogen-bond donors (Lipinski definition) is 2. The SMILES string of the molecule is O=C(Nc1c[nH]c2cc(F)c(F)cc12)c1cnc(N2C[C@@H]3C(COCC(F)(F)F)[C@@H]3C2)c(F)c1. The maximum Gasteiger partial charge on any atom is 0.411 e. The molecule has 2 fully saturated rings. The van der Waals surface area contributed by atoms with Crippen LogP contribution in [0.4, 0.5) is 37.8 Å². The Kier molecular flexibility index (Phi) is 5.42. The smallest absolute Gasteiger partial charge is 0.372 e. The second-order valence-corrected chi connectivity index (χ2v) is 8.52. The molecule has 0 radical (unpaired) electrons. The largest absolute Gasteiger partial charge is 0.411 e. The molecule has 180 valence electrons. The summed E-state index contributed by atoms with van der Waals surface area (Å²) in [6.45, 7) is -0.381. The normalized spacial score (nSPS) is 21.7. The lowest BCUT2D eigenvalue weighted by molar-refractivity contribution is -0.175. The summed E-state index contributed by atoms with van der Waals surface area (Å²) in [5, 5.41) is 2.77. The zero-order valence-corrected chi connectivity index (χ0v) is 17.4. The number of rotatable bonds is 6. The number of nitrogens with one attached hydrogen (secondary N) is 2. The van der Waals surface area contributed by atoms with E-state index in [0.717, 1.165) is 18.2 Å². The minimum atomic E-state index is -4.36. The van der Waals surface area contributed by atoms with Crippen LogP contribution < -0.4 is 10.2 Å². The lowest BCUT2D eigenvalue weighted by Crippen LogP contribution is -2.28. The molecule has 1 unspecified atom stereocenters. The number of fused-ring (bicyclic) bond motifs is 2. The summed E-state index contributed by atoms with van der Waals surface area (Å²) >= 11 is 0. The summed E-state index contributed by atoms with van der Waals surface area (Å²) in [6, 6.07) is 2.93. The highest BCUT2D eigenvalue weighted by molar-refractivity contribution is 6.08. The number of aromatic nitrogens is 2. The molecule has 3 atom stereocenters. The number of H-pyrrole nitrogens is 1. The van der Waals surface area contributed by atoms with E-state index < -0.39 is 36.1 Å². The Labute approximate surface area is 188 Å². The van der Waals surface area contributed by atoms with E-state index >= 15 is 0 Å². The van der Waals surface area contributed by atoms with Crippen molar-refractivity contribution >= 4 is 28.3 Å². The van der Waals surface area contributed by atoms with Crippen molar-refractivity contribution in [2.24, 2.45) is 17.8 Å². The van der Waals surface area contributed by atoms with Gasteiger partial charge in [-0.25, -0.2) is 18.2 Å². The van der Waals surface area contributed by atoms with Gasteiger partial charge in [0, 0.05) is 36.9 Å². The number of carbonyl (C=O) groups excluding carboxylic acids is 1. The standard InChI is InChI=1S/C22H18F6N4O2/c23-15-2-11-18(3-16(15)24)29-5-19(11)31-21(33)10-1-17(25)20(30-4-10)32-6-12-13(7-32)14(12)8-34-9-22(26,27)28/h1-5,12-14,29H,6-9H2,(H,31,33)/t12-,13+,14?. The van der Waals surface area contributed by atoms with Crippen LogP contribution in [0.5, 0.6) is 0 Å². The number of alkyl halides is 3. The Morgan fingerprint density at radius 2 is 1.82 bits per heavy atom. The van der Waals surface area contributed by atoms with Gasteiger partial charge in [-0.15, -0.1) is 0 Å². The number of benzene rings is 1. The Hall–Kier alpha value is -3.28. The van der Waals surface area contributed by atoms with Crippen LogP contribution in [0.1, 0.15) is 10.4 Å². The van der Waals surface area contributed by atoms with Crippen LogP contribution in [0.15, 0.2) is 30.6 Å². The molecule has 3 aromatic rings. The van der Waals surface area contributed by atoms with Crippen LogP contribution in [0, 0.1) is 35.2 Å². The zero-order valence-electron chi connectivity index (χ0n) is 17.4. The number of halogens is 6. The van der Waals surface area contributed by atoms with E-state index in [2.05, 4.69) is 15.3 Å². The van der Waals surface area contributed by atoms with Crippen LogP contribution in [0.2, 0.25) is 0 Å². The van der Waals surface area contributed by atoms with Gasteiger partial charge in [0.1, 0.15) is 6.61 Å². The van der Waals surface area contributed by atoms with Crippen LogP contribution >= 0.6 is 0 Å². The first-order chi connectivity index (χ1) is 16.1. The van der Waals surface area contributed by atoms with Crippen molar-refractivity contribution in [1.29, 1.82) is 0 Å². The summed E-state index contributed by atoms with van der Waals surface area (Å²) < 4.78 is 83.0. The number of anilines is 2. The van der Waals surface area contributed by atoms with E-state index in [1.807, 2.05) is 0 Å².